The van der Waals surface area contributed by atoms with Gasteiger partial charge < -0.3 is 43.6 Å². The number of pyridine rings is 3. The predicted molar refractivity (Wildman–Crippen MR) is 144 cm³/mol. The second-order valence-electron chi connectivity index (χ2n) is 7.77. The highest BCUT2D eigenvalue weighted by Crippen LogP contribution is 2.30. The molecule has 0 bridgehead atoms. The molecule has 0 atom stereocenters. The third-order valence-corrected chi connectivity index (χ3v) is 4.95. The van der Waals surface area contributed by atoms with E-state index in [1.165, 1.54) is 24.5 Å². The summed E-state index contributed by atoms with van der Waals surface area (Å²) in [6.45, 7) is 5.88. The molecule has 2 aliphatic heterocycles. The molecule has 0 spiro atoms. The van der Waals surface area contributed by atoms with Crippen molar-refractivity contribution in [3.05, 3.63) is 64.1 Å². The van der Waals surface area contributed by atoms with E-state index in [-0.39, 0.29) is 32.1 Å². The first kappa shape index (κ1) is 32.9. The fourth-order valence-electron chi connectivity index (χ4n) is 3.12. The molecule has 0 saturated carbocycles. The lowest BCUT2D eigenvalue weighted by Crippen LogP contribution is -2.17. The van der Waals surface area contributed by atoms with Crippen molar-refractivity contribution in [2.45, 2.75) is 13.8 Å². The number of carboxylic acid groups (broad SMARTS) is 1. The Morgan fingerprint density at radius 3 is 1.79 bits per heavy atom. The molecule has 0 saturated heterocycles. The van der Waals surface area contributed by atoms with Gasteiger partial charge in [0.15, 0.2) is 40.1 Å². The highest BCUT2D eigenvalue weighted by Gasteiger charge is 2.17. The topological polar surface area (TPSA) is 206 Å². The molecule has 5 rings (SSSR count). The third-order valence-electron chi connectivity index (χ3n) is 4.95. The molecule has 0 aliphatic carbocycles. The van der Waals surface area contributed by atoms with Crippen LogP contribution in [0.25, 0.3) is 0 Å². The Kier molecular flexibility index (Phi) is 12.6. The standard InChI is InChI=1S/C10H11NO4.C8H7NO4.C8H9NO4.B/c1-2-13-10(12)7-5-8-9(6-11-7)15-4-3-14-8;10-8(11)5-3-6-7(4-9-5)13-2-1-12-6;1-2-13-8(12)5-3-6(10)7(11)4-9-5;/h5-6H,2-4H2,1H3;3-4H,1-2H2,(H,10,11);3-4,11H,2H2,1H3,(H,9,10);. The van der Waals surface area contributed by atoms with Gasteiger partial charge in [-0.25, -0.2) is 24.4 Å². The number of aromatic carboxylic acids is 1. The van der Waals surface area contributed by atoms with Crippen LogP contribution in [0.3, 0.4) is 0 Å². The second-order valence-corrected chi connectivity index (χ2v) is 7.77. The fourth-order valence-corrected chi connectivity index (χ4v) is 3.12. The summed E-state index contributed by atoms with van der Waals surface area (Å²) in [5.74, 6) is -0.511. The average molecular weight is 584 g/mol. The monoisotopic (exact) mass is 584 g/mol. The zero-order valence-corrected chi connectivity index (χ0v) is 22.7. The van der Waals surface area contributed by atoms with Crippen molar-refractivity contribution in [3.63, 3.8) is 0 Å². The molecule has 2 aliphatic rings. The summed E-state index contributed by atoms with van der Waals surface area (Å²) in [5.41, 5.74) is -0.378. The van der Waals surface area contributed by atoms with Crippen LogP contribution in [0.4, 0.5) is 0 Å². The molecule has 0 unspecified atom stereocenters. The van der Waals surface area contributed by atoms with Gasteiger partial charge >= 0.3 is 17.9 Å². The third kappa shape index (κ3) is 9.14. The van der Waals surface area contributed by atoms with Gasteiger partial charge in [0.2, 0.25) is 5.43 Å². The van der Waals surface area contributed by atoms with Gasteiger partial charge in [0.05, 0.1) is 25.6 Å². The number of ether oxygens (including phenoxy) is 6. The number of fused-ring (bicyclic) bond motifs is 2. The minimum Gasteiger partial charge on any atom is -0.503 e. The summed E-state index contributed by atoms with van der Waals surface area (Å²) in [6, 6.07) is 3.89. The molecular formula is C26H27BN3O12. The number of nitrogens with zero attached hydrogens (tertiary/aromatic N) is 2. The highest BCUT2D eigenvalue weighted by molar-refractivity contribution is 5.88. The maximum absolute atomic E-state index is 11.3. The number of carbonyl (C=O) groups is 3. The smallest absolute Gasteiger partial charge is 0.357 e. The number of esters is 2. The number of aromatic hydroxyl groups is 1. The van der Waals surface area contributed by atoms with Crippen LogP contribution in [-0.2, 0) is 9.47 Å². The summed E-state index contributed by atoms with van der Waals surface area (Å²) in [4.78, 5) is 53.8. The number of nitrogens with one attached hydrogen (secondary N) is 1. The van der Waals surface area contributed by atoms with Gasteiger partial charge in [-0.3, -0.25) is 4.79 Å². The average Bonchev–Trinajstić information content (AvgIpc) is 2.99. The molecule has 3 aromatic rings. The van der Waals surface area contributed by atoms with E-state index in [0.29, 0.717) is 56.0 Å². The van der Waals surface area contributed by atoms with Crippen LogP contribution >= 0.6 is 0 Å². The molecule has 3 radical (unpaired) electrons. The molecule has 3 N–H and O–H groups in total. The Labute approximate surface area is 240 Å². The van der Waals surface area contributed by atoms with Crippen LogP contribution in [-0.4, -0.2) is 91.1 Å². The highest BCUT2D eigenvalue weighted by atomic mass is 16.6. The Morgan fingerprint density at radius 1 is 0.810 bits per heavy atom. The molecule has 3 aromatic heterocycles. The second kappa shape index (κ2) is 16.1. The van der Waals surface area contributed by atoms with Crippen molar-refractivity contribution in [2.24, 2.45) is 0 Å². The summed E-state index contributed by atoms with van der Waals surface area (Å²) < 4.78 is 30.4. The van der Waals surface area contributed by atoms with E-state index in [2.05, 4.69) is 19.7 Å². The van der Waals surface area contributed by atoms with Gasteiger partial charge in [0.25, 0.3) is 0 Å². The van der Waals surface area contributed by atoms with Gasteiger partial charge in [0.1, 0.15) is 32.1 Å². The number of aromatic nitrogens is 3. The van der Waals surface area contributed by atoms with Crippen molar-refractivity contribution >= 4 is 26.3 Å². The molecule has 15 nitrogen and oxygen atoms in total. The van der Waals surface area contributed by atoms with Gasteiger partial charge in [-0.2, -0.15) is 0 Å². The fraction of sp³-hybridized carbons (Fsp3) is 0.308. The molecule has 5 heterocycles. The maximum Gasteiger partial charge on any atom is 0.357 e. The van der Waals surface area contributed by atoms with Crippen molar-refractivity contribution in [2.75, 3.05) is 39.6 Å². The molecule has 0 amide bonds. The number of aromatic amines is 1. The number of hydrogen-bond donors (Lipinski definition) is 3. The first-order valence-corrected chi connectivity index (χ1v) is 12.2. The number of rotatable bonds is 5. The minimum atomic E-state index is -1.07. The van der Waals surface area contributed by atoms with E-state index in [4.69, 9.17) is 33.9 Å². The van der Waals surface area contributed by atoms with E-state index >= 15 is 0 Å². The van der Waals surface area contributed by atoms with E-state index in [1.54, 1.807) is 13.8 Å². The normalized spacial score (nSPS) is 12.0. The summed E-state index contributed by atoms with van der Waals surface area (Å²) in [5, 5.41) is 17.5. The van der Waals surface area contributed by atoms with E-state index in [0.717, 1.165) is 12.3 Å². The molecule has 42 heavy (non-hydrogen) atoms. The zero-order chi connectivity index (χ0) is 29.8. The molecular weight excluding hydrogens is 557 g/mol. The zero-order valence-electron chi connectivity index (χ0n) is 22.7. The molecule has 221 valence electrons. The Hall–Kier alpha value is -5.28. The number of carboxylic acids is 1. The lowest BCUT2D eigenvalue weighted by atomic mass is 10.3. The van der Waals surface area contributed by atoms with Gasteiger partial charge in [-0.15, -0.1) is 0 Å². The summed E-state index contributed by atoms with van der Waals surface area (Å²) in [7, 11) is 0. The Morgan fingerprint density at radius 2 is 1.29 bits per heavy atom. The number of carbonyl (C=O) groups excluding carboxylic acids is 2. The van der Waals surface area contributed by atoms with Crippen molar-refractivity contribution < 1.29 is 53.0 Å². The van der Waals surface area contributed by atoms with Crippen LogP contribution in [0.15, 0.2) is 41.6 Å². The van der Waals surface area contributed by atoms with Crippen molar-refractivity contribution in [1.82, 2.24) is 15.0 Å². The quantitative estimate of drug-likeness (QED) is 0.287. The van der Waals surface area contributed by atoms with E-state index in [1.807, 2.05) is 0 Å². The predicted octanol–water partition coefficient (Wildman–Crippen LogP) is 1.46. The summed E-state index contributed by atoms with van der Waals surface area (Å²) in [6.07, 6.45) is 3.88. The van der Waals surface area contributed by atoms with Gasteiger partial charge in [0, 0.05) is 32.8 Å². The number of H-pyrrole nitrogens is 1. The van der Waals surface area contributed by atoms with E-state index < -0.39 is 29.1 Å². The van der Waals surface area contributed by atoms with Crippen LogP contribution in [0.5, 0.6) is 28.7 Å². The van der Waals surface area contributed by atoms with Crippen LogP contribution in [0.1, 0.15) is 45.3 Å². The number of hydrogen-bond acceptors (Lipinski definition) is 13. The SMILES string of the molecule is CCOC(=O)c1cc(=O)c(O)c[nH]1.CCOC(=O)c1cc2c(cn1)OCCO2.O=C(O)c1cc2c(cn1)OCCO2.[B]. The first-order valence-electron chi connectivity index (χ1n) is 12.2. The van der Waals surface area contributed by atoms with Crippen molar-refractivity contribution in [3.8, 4) is 28.7 Å². The van der Waals surface area contributed by atoms with Gasteiger partial charge in [-0.05, 0) is 13.8 Å². The lowest BCUT2D eigenvalue weighted by molar-refractivity contribution is 0.0509. The first-order chi connectivity index (χ1) is 19.7. The van der Waals surface area contributed by atoms with Crippen LogP contribution < -0.4 is 24.4 Å². The lowest BCUT2D eigenvalue weighted by Gasteiger charge is -2.17. The maximum atomic E-state index is 11.3. The molecule has 0 aromatic carbocycles. The van der Waals surface area contributed by atoms with Gasteiger partial charge in [-0.1, -0.05) is 0 Å². The Balaban J connectivity index is 0.000000218. The van der Waals surface area contributed by atoms with Crippen LogP contribution in [0.2, 0.25) is 0 Å². The minimum absolute atomic E-state index is 0. The molecule has 16 heteroatoms. The van der Waals surface area contributed by atoms with Crippen LogP contribution in [0, 0.1) is 0 Å². The largest absolute Gasteiger partial charge is 0.503 e. The molecule has 0 fully saturated rings. The van der Waals surface area contributed by atoms with E-state index in [9.17, 15) is 19.2 Å². The van der Waals surface area contributed by atoms with Crippen molar-refractivity contribution in [1.29, 1.82) is 0 Å². The summed E-state index contributed by atoms with van der Waals surface area (Å²) >= 11 is 0. The Bertz CT molecular complexity index is 1450.